The minimum absolute atomic E-state index is 0.0306. The Kier molecular flexibility index (Phi) is 6.16. The predicted octanol–water partition coefficient (Wildman–Crippen LogP) is 2.88. The first-order valence-corrected chi connectivity index (χ1v) is 9.00. The molecule has 28 heavy (non-hydrogen) atoms. The highest BCUT2D eigenvalue weighted by Crippen LogP contribution is 2.27. The standard InChI is InChI=1S/C20H19ClN2O5/c1-27-17-7-3-5-15(10-17)22-18(24)12-28-20(26)13-8-19(25)23(11-13)16-6-2-4-14(21)9-16/h2-7,9-10,13H,8,11-12H2,1H3,(H,22,24)/t13-/m0/s1. The lowest BCUT2D eigenvalue weighted by atomic mass is 10.1. The maximum absolute atomic E-state index is 12.3. The summed E-state index contributed by atoms with van der Waals surface area (Å²) in [4.78, 5) is 38.0. The summed E-state index contributed by atoms with van der Waals surface area (Å²) in [5.74, 6) is -1.28. The van der Waals surface area contributed by atoms with E-state index in [1.807, 2.05) is 0 Å². The van der Waals surface area contributed by atoms with E-state index in [2.05, 4.69) is 5.32 Å². The van der Waals surface area contributed by atoms with E-state index in [1.165, 1.54) is 12.0 Å². The molecule has 0 spiro atoms. The third-order valence-corrected chi connectivity index (χ3v) is 4.51. The average molecular weight is 403 g/mol. The molecule has 7 nitrogen and oxygen atoms in total. The number of nitrogens with one attached hydrogen (secondary N) is 1. The molecule has 0 aromatic heterocycles. The van der Waals surface area contributed by atoms with Crippen molar-refractivity contribution in [1.29, 1.82) is 0 Å². The van der Waals surface area contributed by atoms with Gasteiger partial charge in [-0.1, -0.05) is 23.7 Å². The molecular formula is C20H19ClN2O5. The summed E-state index contributed by atoms with van der Waals surface area (Å²) in [5, 5.41) is 3.13. The number of hydrogen-bond donors (Lipinski definition) is 1. The molecule has 0 unspecified atom stereocenters. The van der Waals surface area contributed by atoms with Crippen LogP contribution in [0.3, 0.4) is 0 Å². The quantitative estimate of drug-likeness (QED) is 0.751. The lowest BCUT2D eigenvalue weighted by Gasteiger charge is -2.16. The fourth-order valence-electron chi connectivity index (χ4n) is 2.91. The van der Waals surface area contributed by atoms with Gasteiger partial charge in [0.15, 0.2) is 6.61 Å². The SMILES string of the molecule is COc1cccc(NC(=O)COC(=O)[C@H]2CC(=O)N(c3cccc(Cl)c3)C2)c1. The summed E-state index contributed by atoms with van der Waals surface area (Å²) in [6.45, 7) is -0.243. The van der Waals surface area contributed by atoms with Crippen molar-refractivity contribution < 1.29 is 23.9 Å². The molecule has 1 aliphatic rings. The Morgan fingerprint density at radius 1 is 1.21 bits per heavy atom. The minimum atomic E-state index is -0.629. The van der Waals surface area contributed by atoms with Crippen LogP contribution in [-0.4, -0.2) is 38.0 Å². The number of anilines is 2. The second-order valence-electron chi connectivity index (χ2n) is 6.27. The molecule has 2 aromatic carbocycles. The fraction of sp³-hybridized carbons (Fsp3) is 0.250. The van der Waals surface area contributed by atoms with Gasteiger partial charge in [0, 0.05) is 35.4 Å². The average Bonchev–Trinajstić information content (AvgIpc) is 3.08. The summed E-state index contributed by atoms with van der Waals surface area (Å²) >= 11 is 5.96. The van der Waals surface area contributed by atoms with Crippen LogP contribution in [-0.2, 0) is 19.1 Å². The zero-order chi connectivity index (χ0) is 20.1. The van der Waals surface area contributed by atoms with Crippen molar-refractivity contribution >= 4 is 40.8 Å². The number of hydrogen-bond acceptors (Lipinski definition) is 5. The third-order valence-electron chi connectivity index (χ3n) is 4.28. The number of benzene rings is 2. The lowest BCUT2D eigenvalue weighted by molar-refractivity contribution is -0.151. The molecule has 146 valence electrons. The molecule has 0 aliphatic carbocycles. The maximum atomic E-state index is 12.3. The van der Waals surface area contributed by atoms with Crippen molar-refractivity contribution in [2.75, 3.05) is 30.5 Å². The molecule has 3 rings (SSSR count). The Labute approximate surface area is 167 Å². The fourth-order valence-corrected chi connectivity index (χ4v) is 3.10. The van der Waals surface area contributed by atoms with Gasteiger partial charge < -0.3 is 19.7 Å². The number of nitrogens with zero attached hydrogens (tertiary/aromatic N) is 1. The van der Waals surface area contributed by atoms with E-state index in [-0.39, 0.29) is 18.9 Å². The maximum Gasteiger partial charge on any atom is 0.311 e. The zero-order valence-corrected chi connectivity index (χ0v) is 15.9. The topological polar surface area (TPSA) is 84.9 Å². The number of rotatable bonds is 6. The van der Waals surface area contributed by atoms with Crippen molar-refractivity contribution in [3.05, 3.63) is 53.6 Å². The van der Waals surface area contributed by atoms with E-state index < -0.39 is 24.4 Å². The summed E-state index contributed by atoms with van der Waals surface area (Å²) in [6, 6.07) is 13.7. The van der Waals surface area contributed by atoms with Gasteiger partial charge in [-0.05, 0) is 30.3 Å². The van der Waals surface area contributed by atoms with Crippen LogP contribution in [0.1, 0.15) is 6.42 Å². The highest BCUT2D eigenvalue weighted by Gasteiger charge is 2.36. The van der Waals surface area contributed by atoms with Gasteiger partial charge in [-0.15, -0.1) is 0 Å². The van der Waals surface area contributed by atoms with E-state index in [1.54, 1.807) is 48.5 Å². The molecule has 1 heterocycles. The summed E-state index contributed by atoms with van der Waals surface area (Å²) in [7, 11) is 1.53. The van der Waals surface area contributed by atoms with Crippen LogP contribution in [0.15, 0.2) is 48.5 Å². The van der Waals surface area contributed by atoms with E-state index in [0.29, 0.717) is 22.1 Å². The van der Waals surface area contributed by atoms with E-state index in [0.717, 1.165) is 0 Å². The second-order valence-corrected chi connectivity index (χ2v) is 6.71. The van der Waals surface area contributed by atoms with Crippen LogP contribution in [0.5, 0.6) is 5.75 Å². The van der Waals surface area contributed by atoms with E-state index >= 15 is 0 Å². The van der Waals surface area contributed by atoms with Gasteiger partial charge in [0.05, 0.1) is 13.0 Å². The Balaban J connectivity index is 1.52. The summed E-state index contributed by atoms with van der Waals surface area (Å²) < 4.78 is 10.2. The molecule has 1 N–H and O–H groups in total. The number of carbonyl (C=O) groups excluding carboxylic acids is 3. The minimum Gasteiger partial charge on any atom is -0.497 e. The van der Waals surface area contributed by atoms with Crippen LogP contribution in [0, 0.1) is 5.92 Å². The molecule has 1 atom stereocenters. The number of halogens is 1. The Bertz CT molecular complexity index is 902. The number of carbonyl (C=O) groups is 3. The lowest BCUT2D eigenvalue weighted by Crippen LogP contribution is -2.28. The first kappa shape index (κ1) is 19.7. The molecule has 1 fully saturated rings. The highest BCUT2D eigenvalue weighted by molar-refractivity contribution is 6.31. The zero-order valence-electron chi connectivity index (χ0n) is 15.2. The van der Waals surface area contributed by atoms with Crippen LogP contribution in [0.25, 0.3) is 0 Å². The molecule has 2 amide bonds. The van der Waals surface area contributed by atoms with Crippen molar-refractivity contribution in [1.82, 2.24) is 0 Å². The Morgan fingerprint density at radius 2 is 2.00 bits per heavy atom. The molecule has 0 radical (unpaired) electrons. The number of esters is 1. The van der Waals surface area contributed by atoms with Gasteiger partial charge in [-0.2, -0.15) is 0 Å². The number of amides is 2. The van der Waals surface area contributed by atoms with E-state index in [4.69, 9.17) is 21.1 Å². The van der Waals surface area contributed by atoms with E-state index in [9.17, 15) is 14.4 Å². The van der Waals surface area contributed by atoms with Gasteiger partial charge in [0.1, 0.15) is 5.75 Å². The number of methoxy groups -OCH3 is 1. The Morgan fingerprint density at radius 3 is 2.75 bits per heavy atom. The van der Waals surface area contributed by atoms with Crippen LogP contribution < -0.4 is 15.0 Å². The normalized spacial score (nSPS) is 16.0. The van der Waals surface area contributed by atoms with Gasteiger partial charge in [-0.3, -0.25) is 14.4 Å². The molecule has 0 bridgehead atoms. The molecule has 2 aromatic rings. The summed E-state index contributed by atoms with van der Waals surface area (Å²) in [6.07, 6.45) is 0.0306. The third kappa shape index (κ3) is 4.80. The van der Waals surface area contributed by atoms with Gasteiger partial charge in [0.2, 0.25) is 5.91 Å². The second kappa shape index (κ2) is 8.75. The highest BCUT2D eigenvalue weighted by atomic mass is 35.5. The first-order valence-electron chi connectivity index (χ1n) is 8.62. The Hall–Kier alpha value is -3.06. The van der Waals surface area contributed by atoms with Crippen molar-refractivity contribution in [2.24, 2.45) is 5.92 Å². The van der Waals surface area contributed by atoms with Gasteiger partial charge in [0.25, 0.3) is 5.91 Å². The number of ether oxygens (including phenoxy) is 2. The van der Waals surface area contributed by atoms with Crippen molar-refractivity contribution in [3.63, 3.8) is 0 Å². The molecular weight excluding hydrogens is 384 g/mol. The van der Waals surface area contributed by atoms with Crippen molar-refractivity contribution in [3.8, 4) is 5.75 Å². The van der Waals surface area contributed by atoms with Gasteiger partial charge >= 0.3 is 5.97 Å². The van der Waals surface area contributed by atoms with Crippen LogP contribution in [0.4, 0.5) is 11.4 Å². The van der Waals surface area contributed by atoms with Crippen LogP contribution >= 0.6 is 11.6 Å². The largest absolute Gasteiger partial charge is 0.497 e. The monoisotopic (exact) mass is 402 g/mol. The van der Waals surface area contributed by atoms with Crippen LogP contribution in [0.2, 0.25) is 5.02 Å². The molecule has 8 heteroatoms. The van der Waals surface area contributed by atoms with Crippen molar-refractivity contribution in [2.45, 2.75) is 6.42 Å². The predicted molar refractivity (Wildman–Crippen MR) is 104 cm³/mol. The molecule has 1 aliphatic heterocycles. The van der Waals surface area contributed by atoms with Gasteiger partial charge in [-0.25, -0.2) is 0 Å². The molecule has 0 saturated carbocycles. The molecule has 1 saturated heterocycles. The smallest absolute Gasteiger partial charge is 0.311 e. The first-order chi connectivity index (χ1) is 13.5. The summed E-state index contributed by atoms with van der Waals surface area (Å²) in [5.41, 5.74) is 1.16.